The fourth-order valence-corrected chi connectivity index (χ4v) is 2.31. The van der Waals surface area contributed by atoms with Gasteiger partial charge in [0.1, 0.15) is 12.1 Å². The van der Waals surface area contributed by atoms with Crippen molar-refractivity contribution >= 4 is 28.2 Å². The van der Waals surface area contributed by atoms with Crippen LogP contribution in [0.3, 0.4) is 0 Å². The van der Waals surface area contributed by atoms with Gasteiger partial charge in [-0.3, -0.25) is 18.8 Å². The number of amides is 1. The maximum Gasteiger partial charge on any atom is 0.323 e. The number of hydrogen-bond acceptors (Lipinski definition) is 5. The summed E-state index contributed by atoms with van der Waals surface area (Å²) in [6, 6.07) is 0. The number of carboxylic acids is 1. The molecule has 0 fully saturated rings. The van der Waals surface area contributed by atoms with E-state index in [2.05, 4.69) is 4.98 Å². The van der Waals surface area contributed by atoms with Gasteiger partial charge in [0.25, 0.3) is 11.5 Å². The van der Waals surface area contributed by atoms with Gasteiger partial charge in [0.2, 0.25) is 0 Å². The minimum Gasteiger partial charge on any atom is -0.480 e. The second-order valence-electron chi connectivity index (χ2n) is 3.75. The molecule has 0 saturated heterocycles. The molecule has 0 saturated carbocycles. The standard InChI is InChI=1S/C11H11N3O4S/c1-2-13(6-8(15)16)9(17)7-5-12-11-14(10(7)18)3-4-19-11/h3-5H,2,6H2,1H3,(H,15,16). The summed E-state index contributed by atoms with van der Waals surface area (Å²) in [4.78, 5) is 40.4. The average molecular weight is 281 g/mol. The minimum absolute atomic E-state index is 0.126. The van der Waals surface area contributed by atoms with Crippen molar-refractivity contribution in [3.8, 4) is 0 Å². The molecule has 8 heteroatoms. The summed E-state index contributed by atoms with van der Waals surface area (Å²) < 4.78 is 1.27. The molecule has 2 aromatic rings. The van der Waals surface area contributed by atoms with Gasteiger partial charge >= 0.3 is 5.97 Å². The molecule has 1 amide bonds. The number of rotatable bonds is 4. The van der Waals surface area contributed by atoms with Crippen molar-refractivity contribution in [1.82, 2.24) is 14.3 Å². The highest BCUT2D eigenvalue weighted by atomic mass is 32.1. The summed E-state index contributed by atoms with van der Waals surface area (Å²) in [6.45, 7) is 1.41. The van der Waals surface area contributed by atoms with E-state index < -0.39 is 24.0 Å². The Hall–Kier alpha value is -2.22. The Morgan fingerprint density at radius 1 is 1.53 bits per heavy atom. The minimum atomic E-state index is -1.13. The van der Waals surface area contributed by atoms with Crippen LogP contribution in [-0.2, 0) is 4.79 Å². The Morgan fingerprint density at radius 2 is 2.26 bits per heavy atom. The number of thiazole rings is 1. The van der Waals surface area contributed by atoms with Gasteiger partial charge in [0.15, 0.2) is 4.96 Å². The molecule has 0 aliphatic carbocycles. The Balaban J connectivity index is 2.43. The molecule has 0 bridgehead atoms. The number of carbonyl (C=O) groups excluding carboxylic acids is 1. The Bertz CT molecular complexity index is 691. The molecule has 0 unspecified atom stereocenters. The third-order valence-electron chi connectivity index (χ3n) is 2.57. The summed E-state index contributed by atoms with van der Waals surface area (Å²) in [5, 5.41) is 10.4. The van der Waals surface area contributed by atoms with E-state index in [4.69, 9.17) is 5.11 Å². The maximum absolute atomic E-state index is 12.1. The first-order valence-electron chi connectivity index (χ1n) is 5.50. The number of carboxylic acid groups (broad SMARTS) is 1. The lowest BCUT2D eigenvalue weighted by Crippen LogP contribution is -2.38. The van der Waals surface area contributed by atoms with Crippen LogP contribution < -0.4 is 5.56 Å². The fourth-order valence-electron chi connectivity index (χ4n) is 1.63. The number of aromatic nitrogens is 2. The number of likely N-dealkylation sites (N-methyl/N-ethyl adjacent to an activating group) is 1. The van der Waals surface area contributed by atoms with Crippen LogP contribution in [0, 0.1) is 0 Å². The Kier molecular flexibility index (Phi) is 3.61. The SMILES string of the molecule is CCN(CC(=O)O)C(=O)c1cnc2sccn2c1=O. The van der Waals surface area contributed by atoms with E-state index in [1.165, 1.54) is 28.1 Å². The lowest BCUT2D eigenvalue weighted by atomic mass is 10.3. The van der Waals surface area contributed by atoms with Gasteiger partial charge in [-0.05, 0) is 6.92 Å². The van der Waals surface area contributed by atoms with Gasteiger partial charge in [-0.2, -0.15) is 0 Å². The van der Waals surface area contributed by atoms with Crippen LogP contribution in [0.1, 0.15) is 17.3 Å². The first-order valence-corrected chi connectivity index (χ1v) is 6.38. The molecule has 2 rings (SSSR count). The largest absolute Gasteiger partial charge is 0.480 e. The number of fused-ring (bicyclic) bond motifs is 1. The summed E-state index contributed by atoms with van der Waals surface area (Å²) in [6.07, 6.45) is 2.72. The molecule has 0 radical (unpaired) electrons. The predicted octanol–water partition coefficient (Wildman–Crippen LogP) is 0.303. The molecule has 0 atom stereocenters. The van der Waals surface area contributed by atoms with Crippen LogP contribution in [-0.4, -0.2) is 44.4 Å². The first kappa shape index (κ1) is 13.2. The van der Waals surface area contributed by atoms with Gasteiger partial charge < -0.3 is 10.0 Å². The van der Waals surface area contributed by atoms with Crippen molar-refractivity contribution in [2.24, 2.45) is 0 Å². The lowest BCUT2D eigenvalue weighted by Gasteiger charge is -2.17. The second-order valence-corrected chi connectivity index (χ2v) is 4.62. The van der Waals surface area contributed by atoms with E-state index in [0.29, 0.717) is 4.96 Å². The molecular formula is C11H11N3O4S. The molecule has 2 aromatic heterocycles. The van der Waals surface area contributed by atoms with Crippen molar-refractivity contribution < 1.29 is 14.7 Å². The second kappa shape index (κ2) is 5.19. The van der Waals surface area contributed by atoms with Crippen LogP contribution in [0.5, 0.6) is 0 Å². The molecule has 0 spiro atoms. The molecule has 1 N–H and O–H groups in total. The zero-order valence-electron chi connectivity index (χ0n) is 10.1. The number of hydrogen-bond donors (Lipinski definition) is 1. The van der Waals surface area contributed by atoms with Gasteiger partial charge in [-0.15, -0.1) is 11.3 Å². The van der Waals surface area contributed by atoms with Gasteiger partial charge in [0, 0.05) is 24.3 Å². The van der Waals surface area contributed by atoms with Gasteiger partial charge in [0.05, 0.1) is 0 Å². The molecule has 100 valence electrons. The van der Waals surface area contributed by atoms with Crippen LogP contribution in [0.2, 0.25) is 0 Å². The highest BCUT2D eigenvalue weighted by Crippen LogP contribution is 2.07. The van der Waals surface area contributed by atoms with E-state index in [9.17, 15) is 14.4 Å². The normalized spacial score (nSPS) is 10.6. The lowest BCUT2D eigenvalue weighted by molar-refractivity contribution is -0.137. The molecule has 19 heavy (non-hydrogen) atoms. The van der Waals surface area contributed by atoms with E-state index in [1.54, 1.807) is 12.3 Å². The topological polar surface area (TPSA) is 92.0 Å². The quantitative estimate of drug-likeness (QED) is 0.870. The first-order chi connectivity index (χ1) is 9.04. The van der Waals surface area contributed by atoms with Crippen LogP contribution in [0.15, 0.2) is 22.6 Å². The summed E-state index contributed by atoms with van der Waals surface area (Å²) >= 11 is 1.28. The van der Waals surface area contributed by atoms with E-state index in [1.807, 2.05) is 0 Å². The third kappa shape index (κ3) is 2.48. The predicted molar refractivity (Wildman–Crippen MR) is 68.6 cm³/mol. The summed E-state index contributed by atoms with van der Waals surface area (Å²) in [5.41, 5.74) is -0.612. The van der Waals surface area contributed by atoms with Crippen molar-refractivity contribution in [2.75, 3.05) is 13.1 Å². The van der Waals surface area contributed by atoms with Crippen LogP contribution >= 0.6 is 11.3 Å². The number of carbonyl (C=O) groups is 2. The highest BCUT2D eigenvalue weighted by molar-refractivity contribution is 7.15. The molecule has 0 aliphatic heterocycles. The average Bonchev–Trinajstić information content (AvgIpc) is 2.84. The third-order valence-corrected chi connectivity index (χ3v) is 3.34. The Morgan fingerprint density at radius 3 is 2.89 bits per heavy atom. The summed E-state index contributed by atoms with van der Waals surface area (Å²) in [7, 11) is 0. The van der Waals surface area contributed by atoms with Crippen LogP contribution in [0.4, 0.5) is 0 Å². The molecular weight excluding hydrogens is 270 g/mol. The highest BCUT2D eigenvalue weighted by Gasteiger charge is 2.21. The van der Waals surface area contributed by atoms with Crippen LogP contribution in [0.25, 0.3) is 4.96 Å². The van der Waals surface area contributed by atoms with Crippen molar-refractivity contribution in [3.63, 3.8) is 0 Å². The van der Waals surface area contributed by atoms with Gasteiger partial charge in [-0.25, -0.2) is 4.98 Å². The smallest absolute Gasteiger partial charge is 0.323 e. The van der Waals surface area contributed by atoms with Crippen molar-refractivity contribution in [1.29, 1.82) is 0 Å². The molecule has 2 heterocycles. The van der Waals surface area contributed by atoms with E-state index >= 15 is 0 Å². The van der Waals surface area contributed by atoms with E-state index in [0.717, 1.165) is 4.90 Å². The number of nitrogens with zero attached hydrogens (tertiary/aromatic N) is 3. The zero-order chi connectivity index (χ0) is 14.0. The molecule has 0 aromatic carbocycles. The molecule has 7 nitrogen and oxygen atoms in total. The monoisotopic (exact) mass is 281 g/mol. The Labute approximate surface area is 111 Å². The van der Waals surface area contributed by atoms with E-state index in [-0.39, 0.29) is 12.1 Å². The maximum atomic E-state index is 12.1. The van der Waals surface area contributed by atoms with Gasteiger partial charge in [-0.1, -0.05) is 0 Å². The zero-order valence-corrected chi connectivity index (χ0v) is 10.9. The number of aliphatic carboxylic acids is 1. The molecule has 0 aliphatic rings. The fraction of sp³-hybridized carbons (Fsp3) is 0.273. The van der Waals surface area contributed by atoms with Crippen molar-refractivity contribution in [3.05, 3.63) is 33.7 Å². The summed E-state index contributed by atoms with van der Waals surface area (Å²) in [5.74, 6) is -1.75. The van der Waals surface area contributed by atoms with Crippen molar-refractivity contribution in [2.45, 2.75) is 6.92 Å².